The number of anilines is 1. The number of rotatable bonds is 6. The third-order valence-corrected chi connectivity index (χ3v) is 3.79. The van der Waals surface area contributed by atoms with Gasteiger partial charge in [-0.1, -0.05) is 25.4 Å². The predicted octanol–water partition coefficient (Wildman–Crippen LogP) is 3.96. The van der Waals surface area contributed by atoms with Crippen molar-refractivity contribution in [2.24, 2.45) is 5.41 Å². The monoisotopic (exact) mass is 310 g/mol. The highest BCUT2D eigenvalue weighted by molar-refractivity contribution is 6.29. The minimum absolute atomic E-state index is 0.0420. The van der Waals surface area contributed by atoms with Crippen LogP contribution in [0.3, 0.4) is 0 Å². The van der Waals surface area contributed by atoms with Crippen molar-refractivity contribution in [1.82, 2.24) is 4.98 Å². The maximum atomic E-state index is 12.7. The van der Waals surface area contributed by atoms with E-state index in [1.165, 1.54) is 0 Å². The number of nitrogens with one attached hydrogen (secondary N) is 1. The normalized spacial score (nSPS) is 12.6. The Morgan fingerprint density at radius 3 is 2.30 bits per heavy atom. The van der Waals surface area contributed by atoms with E-state index in [2.05, 4.69) is 10.3 Å². The van der Waals surface area contributed by atoms with E-state index in [1.807, 2.05) is 13.8 Å². The molecule has 0 aliphatic rings. The highest BCUT2D eigenvalue weighted by Gasteiger charge is 2.32. The van der Waals surface area contributed by atoms with Crippen LogP contribution in [0, 0.1) is 5.41 Å². The number of aliphatic hydroxyl groups excluding tert-OH is 1. The first-order valence-corrected chi connectivity index (χ1v) is 6.73. The maximum Gasteiger partial charge on any atom is 0.416 e. The number of aliphatic hydroxyl groups is 1. The fourth-order valence-corrected chi connectivity index (χ4v) is 2.02. The van der Waals surface area contributed by atoms with Crippen LogP contribution in [-0.2, 0) is 6.18 Å². The molecule has 0 bridgehead atoms. The summed E-state index contributed by atoms with van der Waals surface area (Å²) >= 11 is 5.61. The van der Waals surface area contributed by atoms with Crippen molar-refractivity contribution < 1.29 is 18.3 Å². The summed E-state index contributed by atoms with van der Waals surface area (Å²) in [6.07, 6.45) is -3.05. The Balaban J connectivity index is 2.91. The van der Waals surface area contributed by atoms with Gasteiger partial charge in [0.05, 0.1) is 12.2 Å². The van der Waals surface area contributed by atoms with Crippen LogP contribution >= 0.6 is 11.6 Å². The Hall–Kier alpha value is -1.01. The molecule has 0 aliphatic heterocycles. The van der Waals surface area contributed by atoms with E-state index in [4.69, 9.17) is 11.6 Å². The third-order valence-electron chi connectivity index (χ3n) is 3.60. The summed E-state index contributed by atoms with van der Waals surface area (Å²) in [6, 6.07) is 1.70. The van der Waals surface area contributed by atoms with Crippen LogP contribution in [-0.4, -0.2) is 23.2 Å². The number of nitrogens with zero attached hydrogens (tertiary/aromatic N) is 1. The first-order chi connectivity index (χ1) is 9.26. The van der Waals surface area contributed by atoms with E-state index < -0.39 is 11.7 Å². The Kier molecular flexibility index (Phi) is 5.65. The summed E-state index contributed by atoms with van der Waals surface area (Å²) in [5.74, 6) is 0.0598. The smallest absolute Gasteiger partial charge is 0.396 e. The van der Waals surface area contributed by atoms with Gasteiger partial charge in [-0.05, 0) is 25.0 Å². The van der Waals surface area contributed by atoms with Gasteiger partial charge < -0.3 is 10.4 Å². The molecule has 0 atom stereocenters. The van der Waals surface area contributed by atoms with E-state index in [-0.39, 0.29) is 23.0 Å². The summed E-state index contributed by atoms with van der Waals surface area (Å²) in [4.78, 5) is 3.83. The van der Waals surface area contributed by atoms with Crippen molar-refractivity contribution in [3.63, 3.8) is 0 Å². The van der Waals surface area contributed by atoms with Crippen molar-refractivity contribution in [2.45, 2.75) is 32.9 Å². The molecule has 0 aromatic carbocycles. The summed E-state index contributed by atoms with van der Waals surface area (Å²) < 4.78 is 38.0. The van der Waals surface area contributed by atoms with Crippen LogP contribution in [0.5, 0.6) is 0 Å². The molecule has 1 rings (SSSR count). The van der Waals surface area contributed by atoms with Crippen LogP contribution in [0.1, 0.15) is 32.3 Å². The second kappa shape index (κ2) is 6.63. The number of halogens is 4. The van der Waals surface area contributed by atoms with Crippen molar-refractivity contribution in [2.75, 3.05) is 18.5 Å². The first-order valence-electron chi connectivity index (χ1n) is 6.36. The minimum Gasteiger partial charge on any atom is -0.396 e. The standard InChI is InChI=1S/C13H18ClF3N2O/c1-3-12(4-2,8-20)7-18-11-6-9(13(15,16)17)5-10(14)19-11/h5-6,20H,3-4,7-8H2,1-2H3,(H,18,19). The fraction of sp³-hybridized carbons (Fsp3) is 0.615. The van der Waals surface area contributed by atoms with Crippen molar-refractivity contribution in [3.8, 4) is 0 Å². The topological polar surface area (TPSA) is 45.1 Å². The zero-order valence-corrected chi connectivity index (χ0v) is 12.1. The van der Waals surface area contributed by atoms with Gasteiger partial charge in [0.1, 0.15) is 11.0 Å². The lowest BCUT2D eigenvalue weighted by Gasteiger charge is -2.29. The summed E-state index contributed by atoms with van der Waals surface area (Å²) in [5.41, 5.74) is -1.22. The summed E-state index contributed by atoms with van der Waals surface area (Å²) in [7, 11) is 0. The Morgan fingerprint density at radius 1 is 1.25 bits per heavy atom. The zero-order valence-electron chi connectivity index (χ0n) is 11.4. The molecule has 114 valence electrons. The van der Waals surface area contributed by atoms with Crippen LogP contribution < -0.4 is 5.32 Å². The van der Waals surface area contributed by atoms with E-state index in [1.54, 1.807) is 0 Å². The molecule has 7 heteroatoms. The van der Waals surface area contributed by atoms with Gasteiger partial charge in [0.15, 0.2) is 0 Å². The lowest BCUT2D eigenvalue weighted by molar-refractivity contribution is -0.137. The van der Waals surface area contributed by atoms with E-state index >= 15 is 0 Å². The molecule has 0 amide bonds. The van der Waals surface area contributed by atoms with Crippen molar-refractivity contribution >= 4 is 17.4 Å². The van der Waals surface area contributed by atoms with Crippen LogP contribution in [0.4, 0.5) is 19.0 Å². The summed E-state index contributed by atoms with van der Waals surface area (Å²) in [6.45, 7) is 4.14. The zero-order chi connectivity index (χ0) is 15.4. The van der Waals surface area contributed by atoms with E-state index in [0.29, 0.717) is 19.4 Å². The lowest BCUT2D eigenvalue weighted by atomic mass is 9.83. The van der Waals surface area contributed by atoms with Gasteiger partial charge >= 0.3 is 6.18 Å². The molecule has 3 nitrogen and oxygen atoms in total. The average Bonchev–Trinajstić information content (AvgIpc) is 2.39. The molecule has 1 aromatic rings. The van der Waals surface area contributed by atoms with Gasteiger partial charge in [0.2, 0.25) is 0 Å². The van der Waals surface area contributed by atoms with Crippen LogP contribution in [0.15, 0.2) is 12.1 Å². The fourth-order valence-electron chi connectivity index (χ4n) is 1.81. The van der Waals surface area contributed by atoms with Crippen LogP contribution in [0.25, 0.3) is 0 Å². The number of hydrogen-bond acceptors (Lipinski definition) is 3. The minimum atomic E-state index is -4.47. The first kappa shape index (κ1) is 17.0. The maximum absolute atomic E-state index is 12.7. The predicted molar refractivity (Wildman–Crippen MR) is 72.8 cm³/mol. The van der Waals surface area contributed by atoms with Crippen molar-refractivity contribution in [3.05, 3.63) is 22.8 Å². The molecule has 0 unspecified atom stereocenters. The van der Waals surface area contributed by atoms with Gasteiger partial charge in [-0.3, -0.25) is 0 Å². The molecular formula is C13H18ClF3N2O. The Morgan fingerprint density at radius 2 is 1.85 bits per heavy atom. The SMILES string of the molecule is CCC(CC)(CO)CNc1cc(C(F)(F)F)cc(Cl)n1. The van der Waals surface area contributed by atoms with Gasteiger partial charge in [-0.2, -0.15) is 13.2 Å². The second-order valence-corrected chi connectivity index (χ2v) is 5.17. The van der Waals surface area contributed by atoms with Gasteiger partial charge in [0.25, 0.3) is 0 Å². The highest BCUT2D eigenvalue weighted by Crippen LogP contribution is 2.32. The molecule has 0 saturated carbocycles. The van der Waals surface area contributed by atoms with Gasteiger partial charge in [0, 0.05) is 12.0 Å². The number of alkyl halides is 3. The molecule has 2 N–H and O–H groups in total. The Labute approximate surface area is 121 Å². The summed E-state index contributed by atoms with van der Waals surface area (Å²) in [5, 5.41) is 12.0. The average molecular weight is 311 g/mol. The molecule has 20 heavy (non-hydrogen) atoms. The third kappa shape index (κ3) is 4.24. The van der Waals surface area contributed by atoms with Gasteiger partial charge in [-0.15, -0.1) is 0 Å². The highest BCUT2D eigenvalue weighted by atomic mass is 35.5. The number of pyridine rings is 1. The van der Waals surface area contributed by atoms with E-state index in [0.717, 1.165) is 12.1 Å². The number of aromatic nitrogens is 1. The molecule has 1 heterocycles. The molecular weight excluding hydrogens is 293 g/mol. The van der Waals surface area contributed by atoms with Gasteiger partial charge in [-0.25, -0.2) is 4.98 Å². The number of hydrogen-bond donors (Lipinski definition) is 2. The second-order valence-electron chi connectivity index (χ2n) is 4.78. The molecule has 1 aromatic heterocycles. The molecule has 0 spiro atoms. The largest absolute Gasteiger partial charge is 0.416 e. The van der Waals surface area contributed by atoms with Crippen molar-refractivity contribution in [1.29, 1.82) is 0 Å². The molecule has 0 saturated heterocycles. The molecule has 0 fully saturated rings. The Bertz CT molecular complexity index is 439. The van der Waals surface area contributed by atoms with E-state index in [9.17, 15) is 18.3 Å². The quantitative estimate of drug-likeness (QED) is 0.782. The molecule has 0 radical (unpaired) electrons. The van der Waals surface area contributed by atoms with Crippen LogP contribution in [0.2, 0.25) is 5.15 Å². The lowest BCUT2D eigenvalue weighted by Crippen LogP contribution is -2.32. The molecule has 0 aliphatic carbocycles.